The van der Waals surface area contributed by atoms with Crippen molar-refractivity contribution in [3.8, 4) is 11.5 Å². The van der Waals surface area contributed by atoms with Crippen molar-refractivity contribution in [2.75, 3.05) is 26.3 Å². The predicted molar refractivity (Wildman–Crippen MR) is 98.2 cm³/mol. The van der Waals surface area contributed by atoms with Gasteiger partial charge in [-0.15, -0.1) is 5.10 Å². The van der Waals surface area contributed by atoms with Crippen LogP contribution in [0.2, 0.25) is 0 Å². The van der Waals surface area contributed by atoms with Crippen LogP contribution in [-0.2, 0) is 0 Å². The molecule has 1 unspecified atom stereocenters. The molecule has 1 aliphatic carbocycles. The smallest absolute Gasteiger partial charge is 0.185 e. The van der Waals surface area contributed by atoms with Crippen molar-refractivity contribution in [2.24, 2.45) is 5.92 Å². The molecule has 2 aliphatic heterocycles. The maximum atomic E-state index is 12.4. The first kappa shape index (κ1) is 16.7. The zero-order valence-electron chi connectivity index (χ0n) is 15.5. The number of aromatic nitrogens is 3. The summed E-state index contributed by atoms with van der Waals surface area (Å²) in [6.45, 7) is 5.27. The number of carbonyl (C=O) groups is 1. The van der Waals surface area contributed by atoms with E-state index in [1.54, 1.807) is 0 Å². The molecular weight excluding hydrogens is 344 g/mol. The minimum atomic E-state index is 0.110. The van der Waals surface area contributed by atoms with Gasteiger partial charge < -0.3 is 9.47 Å². The van der Waals surface area contributed by atoms with Crippen LogP contribution in [0.15, 0.2) is 24.4 Å². The van der Waals surface area contributed by atoms with Crippen LogP contribution in [-0.4, -0.2) is 52.0 Å². The number of ether oxygens (including phenoxy) is 2. The lowest BCUT2D eigenvalue weighted by Crippen LogP contribution is -2.48. The third-order valence-corrected chi connectivity index (χ3v) is 5.77. The summed E-state index contributed by atoms with van der Waals surface area (Å²) in [5.41, 5.74) is 1.73. The number of ketones is 1. The molecule has 3 aliphatic rings. The number of Topliss-reactive ketones (excluding diaryl/α,β-unsaturated/α-hetero) is 1. The normalized spacial score (nSPS) is 20.9. The summed E-state index contributed by atoms with van der Waals surface area (Å²) in [5, 5.41) is 8.14. The fraction of sp³-hybridized carbons (Fsp3) is 0.550. The predicted octanol–water partition coefficient (Wildman–Crippen LogP) is 2.65. The molecule has 0 amide bonds. The maximum absolute atomic E-state index is 12.4. The van der Waals surface area contributed by atoms with Gasteiger partial charge in [0.2, 0.25) is 0 Å². The highest BCUT2D eigenvalue weighted by atomic mass is 16.6. The summed E-state index contributed by atoms with van der Waals surface area (Å²) in [6, 6.07) is 6.93. The molecule has 5 rings (SSSR count). The van der Waals surface area contributed by atoms with E-state index in [0.29, 0.717) is 43.3 Å². The van der Waals surface area contributed by atoms with Crippen LogP contribution in [0.1, 0.15) is 54.3 Å². The van der Waals surface area contributed by atoms with E-state index in [1.165, 1.54) is 5.56 Å². The number of fused-ring (bicyclic) bond motifs is 1. The van der Waals surface area contributed by atoms with Crippen LogP contribution >= 0.6 is 0 Å². The van der Waals surface area contributed by atoms with Crippen molar-refractivity contribution in [1.82, 2.24) is 19.9 Å². The Morgan fingerprint density at radius 1 is 1.22 bits per heavy atom. The highest BCUT2D eigenvalue weighted by molar-refractivity contribution is 5.94. The summed E-state index contributed by atoms with van der Waals surface area (Å²) >= 11 is 0. The van der Waals surface area contributed by atoms with Gasteiger partial charge in [0.1, 0.15) is 18.9 Å². The van der Waals surface area contributed by atoms with Crippen molar-refractivity contribution in [1.29, 1.82) is 0 Å². The molecular formula is C20H24N4O3. The monoisotopic (exact) mass is 368 g/mol. The molecule has 2 fully saturated rings. The first-order chi connectivity index (χ1) is 13.2. The Kier molecular flexibility index (Phi) is 4.11. The molecule has 1 saturated heterocycles. The number of hydrogen-bond donors (Lipinski definition) is 0. The lowest BCUT2D eigenvalue weighted by Gasteiger charge is -2.43. The summed E-state index contributed by atoms with van der Waals surface area (Å²) < 4.78 is 13.1. The van der Waals surface area contributed by atoms with Crippen LogP contribution < -0.4 is 9.47 Å². The molecule has 2 aromatic rings. The molecule has 1 aromatic carbocycles. The van der Waals surface area contributed by atoms with Crippen molar-refractivity contribution in [3.63, 3.8) is 0 Å². The second-order valence-corrected chi connectivity index (χ2v) is 7.84. The molecule has 1 saturated carbocycles. The van der Waals surface area contributed by atoms with Gasteiger partial charge in [-0.3, -0.25) is 9.69 Å². The summed E-state index contributed by atoms with van der Waals surface area (Å²) in [4.78, 5) is 14.8. The fourth-order valence-electron chi connectivity index (χ4n) is 3.87. The third-order valence-electron chi connectivity index (χ3n) is 5.77. The van der Waals surface area contributed by atoms with E-state index in [4.69, 9.17) is 9.47 Å². The van der Waals surface area contributed by atoms with Gasteiger partial charge in [-0.25, -0.2) is 4.68 Å². The lowest BCUT2D eigenvalue weighted by atomic mass is 9.90. The molecule has 27 heavy (non-hydrogen) atoms. The Labute approximate surface area is 158 Å². The summed E-state index contributed by atoms with van der Waals surface area (Å²) in [7, 11) is 0. The number of nitrogens with zero attached hydrogens (tertiary/aromatic N) is 4. The Morgan fingerprint density at radius 2 is 2.00 bits per heavy atom. The van der Waals surface area contributed by atoms with Crippen LogP contribution in [0.25, 0.3) is 0 Å². The van der Waals surface area contributed by atoms with Crippen molar-refractivity contribution in [2.45, 2.75) is 38.3 Å². The molecule has 0 bridgehead atoms. The van der Waals surface area contributed by atoms with Crippen LogP contribution in [0.4, 0.5) is 0 Å². The topological polar surface area (TPSA) is 69.5 Å². The molecule has 7 nitrogen and oxygen atoms in total. The highest BCUT2D eigenvalue weighted by Gasteiger charge is 2.34. The Morgan fingerprint density at radius 3 is 2.78 bits per heavy atom. The van der Waals surface area contributed by atoms with Crippen molar-refractivity contribution in [3.05, 3.63) is 35.7 Å². The van der Waals surface area contributed by atoms with Crippen LogP contribution in [0.3, 0.4) is 0 Å². The number of likely N-dealkylation sites (tertiary alicyclic amines) is 1. The molecule has 3 heterocycles. The van der Waals surface area contributed by atoms with E-state index < -0.39 is 0 Å². The average molecular weight is 368 g/mol. The van der Waals surface area contributed by atoms with E-state index in [-0.39, 0.29) is 5.78 Å². The first-order valence-corrected chi connectivity index (χ1v) is 9.76. The SMILES string of the molecule is CC(c1ccc2c(c1)OCCO2)N1CC(CC(=O)c2cn(C3CC3)nn2)C1. The van der Waals surface area contributed by atoms with Gasteiger partial charge in [-0.05, 0) is 43.4 Å². The quantitative estimate of drug-likeness (QED) is 0.730. The molecule has 1 aromatic heterocycles. The molecule has 1 atom stereocenters. The number of carbonyl (C=O) groups excluding carboxylic acids is 1. The highest BCUT2D eigenvalue weighted by Crippen LogP contribution is 2.37. The molecule has 142 valence electrons. The van der Waals surface area contributed by atoms with E-state index >= 15 is 0 Å². The average Bonchev–Trinajstić information content (AvgIpc) is 3.40. The van der Waals surface area contributed by atoms with Crippen LogP contribution in [0, 0.1) is 5.92 Å². The van der Waals surface area contributed by atoms with Gasteiger partial charge in [0.05, 0.1) is 12.2 Å². The number of benzene rings is 1. The Hall–Kier alpha value is -2.41. The molecule has 0 N–H and O–H groups in total. The van der Waals surface area contributed by atoms with E-state index in [9.17, 15) is 4.79 Å². The van der Waals surface area contributed by atoms with E-state index in [0.717, 1.165) is 37.4 Å². The van der Waals surface area contributed by atoms with Gasteiger partial charge in [0.15, 0.2) is 17.3 Å². The van der Waals surface area contributed by atoms with Crippen LogP contribution in [0.5, 0.6) is 11.5 Å². The van der Waals surface area contributed by atoms with Gasteiger partial charge in [-0.1, -0.05) is 11.3 Å². The number of hydrogen-bond acceptors (Lipinski definition) is 6. The summed E-state index contributed by atoms with van der Waals surface area (Å²) in [6.07, 6.45) is 4.65. The van der Waals surface area contributed by atoms with Gasteiger partial charge >= 0.3 is 0 Å². The molecule has 0 spiro atoms. The second kappa shape index (κ2) is 6.64. The van der Waals surface area contributed by atoms with Gasteiger partial charge in [0, 0.05) is 25.6 Å². The second-order valence-electron chi connectivity index (χ2n) is 7.84. The molecule has 0 radical (unpaired) electrons. The maximum Gasteiger partial charge on any atom is 0.185 e. The third kappa shape index (κ3) is 3.32. The minimum Gasteiger partial charge on any atom is -0.486 e. The van der Waals surface area contributed by atoms with E-state index in [1.807, 2.05) is 16.9 Å². The number of rotatable bonds is 6. The zero-order valence-corrected chi connectivity index (χ0v) is 15.5. The van der Waals surface area contributed by atoms with Crippen molar-refractivity contribution < 1.29 is 14.3 Å². The minimum absolute atomic E-state index is 0.110. The largest absolute Gasteiger partial charge is 0.486 e. The molecule has 7 heteroatoms. The van der Waals surface area contributed by atoms with Gasteiger partial charge in [0.25, 0.3) is 0 Å². The van der Waals surface area contributed by atoms with E-state index in [2.05, 4.69) is 34.3 Å². The fourth-order valence-corrected chi connectivity index (χ4v) is 3.87. The Bertz CT molecular complexity index is 855. The first-order valence-electron chi connectivity index (χ1n) is 9.76. The van der Waals surface area contributed by atoms with Crippen molar-refractivity contribution >= 4 is 5.78 Å². The Balaban J connectivity index is 1.16. The summed E-state index contributed by atoms with van der Waals surface area (Å²) in [5.74, 6) is 2.15. The standard InChI is InChI=1S/C20H24N4O3/c1-13(15-2-5-19-20(9-15)27-7-6-26-19)23-10-14(11-23)8-18(25)17-12-24(22-21-17)16-3-4-16/h2,5,9,12-14,16H,3-4,6-8,10-11H2,1H3. The van der Waals surface area contributed by atoms with Gasteiger partial charge in [-0.2, -0.15) is 0 Å². The zero-order chi connectivity index (χ0) is 18.4. The lowest BCUT2D eigenvalue weighted by molar-refractivity contribution is 0.0500.